The molecule has 0 unspecified atom stereocenters. The quantitative estimate of drug-likeness (QED) is 0.598. The molecular weight excluding hydrogens is 520 g/mol. The summed E-state index contributed by atoms with van der Waals surface area (Å²) in [6, 6.07) is 7.71. The van der Waals surface area contributed by atoms with Crippen molar-refractivity contribution in [3.63, 3.8) is 0 Å². The summed E-state index contributed by atoms with van der Waals surface area (Å²) < 4.78 is 31.7. The molecule has 1 aromatic carbocycles. The zero-order valence-electron chi connectivity index (χ0n) is 23.3. The van der Waals surface area contributed by atoms with Crippen LogP contribution in [0, 0.1) is 6.92 Å². The van der Waals surface area contributed by atoms with Crippen LogP contribution in [0.5, 0.6) is 0 Å². The van der Waals surface area contributed by atoms with Crippen molar-refractivity contribution in [3.8, 4) is 0 Å². The minimum Gasteiger partial charge on any atom is -0.444 e. The highest BCUT2D eigenvalue weighted by Crippen LogP contribution is 2.27. The molecule has 1 fully saturated rings. The van der Waals surface area contributed by atoms with Crippen molar-refractivity contribution in [1.29, 1.82) is 0 Å². The third-order valence-electron chi connectivity index (χ3n) is 6.63. The Balaban J connectivity index is 1.32. The first-order valence-corrected chi connectivity index (χ1v) is 15.0. The van der Waals surface area contributed by atoms with E-state index in [1.807, 2.05) is 20.8 Å². The van der Waals surface area contributed by atoms with E-state index in [1.165, 1.54) is 34.5 Å². The highest BCUT2D eigenvalue weighted by molar-refractivity contribution is 7.92. The summed E-state index contributed by atoms with van der Waals surface area (Å²) in [7, 11) is -3.46. The number of sulfonamides is 1. The van der Waals surface area contributed by atoms with Crippen molar-refractivity contribution >= 4 is 33.5 Å². The zero-order chi connectivity index (χ0) is 28.4. The number of carbonyl (C=O) groups excluding carboxylic acids is 2. The van der Waals surface area contributed by atoms with E-state index in [2.05, 4.69) is 45.9 Å². The van der Waals surface area contributed by atoms with Crippen LogP contribution in [0.4, 0.5) is 15.4 Å². The average molecular weight is 559 g/mol. The van der Waals surface area contributed by atoms with E-state index in [-0.39, 0.29) is 17.9 Å². The molecule has 39 heavy (non-hydrogen) atoms. The molecule has 0 spiro atoms. The van der Waals surface area contributed by atoms with E-state index in [0.29, 0.717) is 26.2 Å². The van der Waals surface area contributed by atoms with Gasteiger partial charge in [-0.2, -0.15) is 4.68 Å². The molecule has 2 amide bonds. The van der Waals surface area contributed by atoms with Crippen molar-refractivity contribution in [2.45, 2.75) is 46.3 Å². The summed E-state index contributed by atoms with van der Waals surface area (Å²) in [5.74, 6) is 0.116. The fourth-order valence-corrected chi connectivity index (χ4v) is 5.18. The van der Waals surface area contributed by atoms with E-state index in [4.69, 9.17) is 4.74 Å². The summed E-state index contributed by atoms with van der Waals surface area (Å²) in [4.78, 5) is 31.0. The van der Waals surface area contributed by atoms with Crippen LogP contribution >= 0.6 is 0 Å². The predicted molar refractivity (Wildman–Crippen MR) is 150 cm³/mol. The second-order valence-electron chi connectivity index (χ2n) is 11.1. The SMILES string of the molecule is Cc1ccc(CN2CCN(C(=O)n3ccc(NS(C)(=O)=O)n3)CC2)cc1C1=CCN(C(=O)OC(C)(C)C)CC1. The molecule has 1 aromatic heterocycles. The molecule has 0 saturated carbocycles. The van der Waals surface area contributed by atoms with Gasteiger partial charge >= 0.3 is 12.1 Å². The van der Waals surface area contributed by atoms with Gasteiger partial charge in [0, 0.05) is 58.1 Å². The Morgan fingerprint density at radius 1 is 1.05 bits per heavy atom. The van der Waals surface area contributed by atoms with Crippen LogP contribution in [-0.4, -0.2) is 96.1 Å². The lowest BCUT2D eigenvalue weighted by molar-refractivity contribution is 0.0270. The smallest absolute Gasteiger partial charge is 0.410 e. The van der Waals surface area contributed by atoms with Crippen LogP contribution in [0.1, 0.15) is 43.9 Å². The van der Waals surface area contributed by atoms with E-state index in [1.54, 1.807) is 9.80 Å². The van der Waals surface area contributed by atoms with Crippen LogP contribution in [0.15, 0.2) is 36.5 Å². The molecule has 0 aliphatic carbocycles. The number of ether oxygens (including phenoxy) is 1. The number of anilines is 1. The molecule has 2 aliphatic rings. The number of amides is 2. The molecule has 2 aromatic rings. The van der Waals surface area contributed by atoms with Crippen molar-refractivity contribution in [2.24, 2.45) is 0 Å². The number of nitrogens with zero attached hydrogens (tertiary/aromatic N) is 5. The number of aryl methyl sites for hydroxylation is 1. The Morgan fingerprint density at radius 2 is 1.77 bits per heavy atom. The molecule has 0 radical (unpaired) electrons. The number of nitrogens with one attached hydrogen (secondary N) is 1. The van der Waals surface area contributed by atoms with Gasteiger partial charge < -0.3 is 14.5 Å². The number of piperazine rings is 1. The van der Waals surface area contributed by atoms with Crippen LogP contribution in [0.25, 0.3) is 5.57 Å². The van der Waals surface area contributed by atoms with Crippen LogP contribution in [0.3, 0.4) is 0 Å². The lowest BCUT2D eigenvalue weighted by Gasteiger charge is -2.34. The molecule has 11 nitrogen and oxygen atoms in total. The van der Waals surface area contributed by atoms with E-state index >= 15 is 0 Å². The molecule has 4 rings (SSSR count). The van der Waals surface area contributed by atoms with Gasteiger partial charge in [0.25, 0.3) is 0 Å². The molecule has 1 saturated heterocycles. The second-order valence-corrected chi connectivity index (χ2v) is 12.9. The lowest BCUT2D eigenvalue weighted by Crippen LogP contribution is -2.49. The topological polar surface area (TPSA) is 117 Å². The van der Waals surface area contributed by atoms with Crippen LogP contribution in [0.2, 0.25) is 0 Å². The highest BCUT2D eigenvalue weighted by Gasteiger charge is 2.25. The molecule has 2 aliphatic heterocycles. The third-order valence-corrected chi connectivity index (χ3v) is 7.21. The maximum atomic E-state index is 12.8. The van der Waals surface area contributed by atoms with Crippen LogP contribution < -0.4 is 4.72 Å². The van der Waals surface area contributed by atoms with Crippen molar-refractivity contribution < 1.29 is 22.7 Å². The van der Waals surface area contributed by atoms with Gasteiger partial charge in [-0.05, 0) is 62.4 Å². The van der Waals surface area contributed by atoms with Gasteiger partial charge in [0.2, 0.25) is 10.0 Å². The molecule has 1 N–H and O–H groups in total. The fourth-order valence-electron chi connectivity index (χ4n) is 4.69. The Hall–Kier alpha value is -3.38. The number of benzene rings is 1. The number of aromatic nitrogens is 2. The minimum absolute atomic E-state index is 0.116. The van der Waals surface area contributed by atoms with Gasteiger partial charge in [-0.1, -0.05) is 18.2 Å². The van der Waals surface area contributed by atoms with E-state index in [0.717, 1.165) is 37.0 Å². The van der Waals surface area contributed by atoms with E-state index < -0.39 is 15.6 Å². The second kappa shape index (κ2) is 11.4. The summed E-state index contributed by atoms with van der Waals surface area (Å²) in [6.07, 6.45) is 5.12. The van der Waals surface area contributed by atoms with Crippen LogP contribution in [-0.2, 0) is 21.3 Å². The van der Waals surface area contributed by atoms with Crippen molar-refractivity contribution in [3.05, 3.63) is 53.2 Å². The Labute approximate surface area is 230 Å². The zero-order valence-corrected chi connectivity index (χ0v) is 24.1. The standard InChI is InChI=1S/C27H38N6O5S/c1-20-6-7-21(18-23(20)22-8-11-32(12-9-22)26(35)38-27(2,3)4)19-30-14-16-31(17-15-30)25(34)33-13-10-24(28-33)29-39(5,36)37/h6-8,10,13,18H,9,11-12,14-17,19H2,1-5H3,(H,28,29). The monoisotopic (exact) mass is 558 g/mol. The summed E-state index contributed by atoms with van der Waals surface area (Å²) >= 11 is 0. The maximum Gasteiger partial charge on any atom is 0.410 e. The van der Waals surface area contributed by atoms with Gasteiger partial charge in [0.1, 0.15) is 5.60 Å². The highest BCUT2D eigenvalue weighted by atomic mass is 32.2. The van der Waals surface area contributed by atoms with Gasteiger partial charge in [0.15, 0.2) is 5.82 Å². The number of hydrogen-bond donors (Lipinski definition) is 1. The lowest BCUT2D eigenvalue weighted by atomic mass is 9.93. The average Bonchev–Trinajstić information content (AvgIpc) is 3.31. The Bertz CT molecular complexity index is 1350. The normalized spacial score (nSPS) is 17.1. The summed E-state index contributed by atoms with van der Waals surface area (Å²) in [5, 5.41) is 4.04. The first-order chi connectivity index (χ1) is 18.3. The molecular formula is C27H38N6O5S. The molecule has 0 atom stereocenters. The summed E-state index contributed by atoms with van der Waals surface area (Å²) in [5.41, 5.74) is 4.35. The van der Waals surface area contributed by atoms with Gasteiger partial charge in [-0.3, -0.25) is 9.62 Å². The van der Waals surface area contributed by atoms with E-state index in [9.17, 15) is 18.0 Å². The minimum atomic E-state index is -3.46. The molecule has 12 heteroatoms. The van der Waals surface area contributed by atoms with Gasteiger partial charge in [-0.25, -0.2) is 18.0 Å². The predicted octanol–water partition coefficient (Wildman–Crippen LogP) is 3.37. The number of rotatable bonds is 5. The fraction of sp³-hybridized carbons (Fsp3) is 0.519. The number of hydrogen-bond acceptors (Lipinski definition) is 7. The molecule has 3 heterocycles. The summed E-state index contributed by atoms with van der Waals surface area (Å²) in [6.45, 7) is 12.2. The maximum absolute atomic E-state index is 12.8. The first kappa shape index (κ1) is 28.6. The first-order valence-electron chi connectivity index (χ1n) is 13.1. The van der Waals surface area contributed by atoms with Gasteiger partial charge in [0.05, 0.1) is 6.26 Å². The third kappa shape index (κ3) is 7.82. The number of carbonyl (C=O) groups is 2. The Kier molecular flexibility index (Phi) is 8.36. The van der Waals surface area contributed by atoms with Gasteiger partial charge in [-0.15, -0.1) is 5.10 Å². The van der Waals surface area contributed by atoms with Crippen molar-refractivity contribution in [1.82, 2.24) is 24.5 Å². The molecule has 0 bridgehead atoms. The van der Waals surface area contributed by atoms with Crippen molar-refractivity contribution in [2.75, 3.05) is 50.2 Å². The largest absolute Gasteiger partial charge is 0.444 e. The molecule has 212 valence electrons. The Morgan fingerprint density at radius 3 is 2.38 bits per heavy atom.